The van der Waals surface area contributed by atoms with E-state index in [1.165, 1.54) is 31.4 Å². The lowest BCUT2D eigenvalue weighted by atomic mass is 9.98. The van der Waals surface area contributed by atoms with Gasteiger partial charge in [0.15, 0.2) is 0 Å². The molecule has 4 nitrogen and oxygen atoms in total. The summed E-state index contributed by atoms with van der Waals surface area (Å²) in [4.78, 5) is 4.32. The molecule has 2 N–H and O–H groups in total. The van der Waals surface area contributed by atoms with Crippen molar-refractivity contribution < 1.29 is 9.13 Å². The number of ether oxygens (including phenoxy) is 1. The molecule has 148 valence electrons. The zero-order valence-electron chi connectivity index (χ0n) is 16.5. The second-order valence-electron chi connectivity index (χ2n) is 6.87. The average molecular weight is 389 g/mol. The summed E-state index contributed by atoms with van der Waals surface area (Å²) >= 11 is 0. The maximum atomic E-state index is 13.2. The van der Waals surface area contributed by atoms with Crippen molar-refractivity contribution in [3.8, 4) is 34.2 Å². The maximum absolute atomic E-state index is 13.2. The van der Waals surface area contributed by atoms with E-state index in [2.05, 4.69) is 18.0 Å². The summed E-state index contributed by atoms with van der Waals surface area (Å²) in [6, 6.07) is 17.6. The first-order valence-corrected chi connectivity index (χ1v) is 9.82. The quantitative estimate of drug-likeness (QED) is 0.482. The Morgan fingerprint density at radius 3 is 2.34 bits per heavy atom. The van der Waals surface area contributed by atoms with Crippen LogP contribution in [0.15, 0.2) is 54.6 Å². The van der Waals surface area contributed by atoms with Gasteiger partial charge in [0.05, 0.1) is 12.3 Å². The number of halogens is 1. The molecule has 3 rings (SSSR count). The van der Waals surface area contributed by atoms with Gasteiger partial charge in [-0.1, -0.05) is 38.3 Å². The van der Waals surface area contributed by atoms with Gasteiger partial charge in [0, 0.05) is 11.1 Å². The van der Waals surface area contributed by atoms with Gasteiger partial charge < -0.3 is 10.5 Å². The Balaban J connectivity index is 1.85. The number of nitrogens with two attached hydrogens (primary N) is 1. The minimum atomic E-state index is -0.319. The third kappa shape index (κ3) is 5.11. The highest BCUT2D eigenvalue weighted by molar-refractivity contribution is 5.80. The fourth-order valence-electron chi connectivity index (χ4n) is 3.13. The zero-order valence-corrected chi connectivity index (χ0v) is 16.5. The second-order valence-corrected chi connectivity index (χ2v) is 6.87. The Labute approximate surface area is 170 Å². The van der Waals surface area contributed by atoms with Crippen LogP contribution in [0.1, 0.15) is 38.2 Å². The van der Waals surface area contributed by atoms with Gasteiger partial charge in [-0.3, -0.25) is 0 Å². The van der Waals surface area contributed by atoms with Crippen LogP contribution in [0.5, 0.6) is 5.75 Å². The molecule has 0 aliphatic heterocycles. The largest absolute Gasteiger partial charge is 0.494 e. The Bertz CT molecular complexity index is 992. The fraction of sp³-hybridized carbons (Fsp3) is 0.250. The first kappa shape index (κ1) is 20.3. The number of anilines is 1. The van der Waals surface area contributed by atoms with Crippen LogP contribution in [-0.4, -0.2) is 11.6 Å². The number of nitriles is 1. The highest BCUT2D eigenvalue weighted by atomic mass is 19.1. The molecule has 0 saturated heterocycles. The summed E-state index contributed by atoms with van der Waals surface area (Å²) < 4.78 is 19.0. The Morgan fingerprint density at radius 1 is 1.00 bits per heavy atom. The Hall–Kier alpha value is -3.39. The van der Waals surface area contributed by atoms with Gasteiger partial charge in [-0.15, -0.1) is 0 Å². The topological polar surface area (TPSA) is 71.9 Å². The molecule has 5 heteroatoms. The molecule has 1 aromatic heterocycles. The van der Waals surface area contributed by atoms with Gasteiger partial charge in [-0.2, -0.15) is 5.26 Å². The standard InChI is InChI=1S/C24H24FN3O/c1-2-3-4-5-14-29-20-12-8-17(9-13-20)21-15-23(28-24(27)22(21)16-26)18-6-10-19(25)11-7-18/h6-13,15H,2-5,14H2,1H3,(H2,27,28). The first-order chi connectivity index (χ1) is 14.1. The Morgan fingerprint density at radius 2 is 1.69 bits per heavy atom. The third-order valence-electron chi connectivity index (χ3n) is 4.73. The predicted molar refractivity (Wildman–Crippen MR) is 114 cm³/mol. The number of hydrogen-bond acceptors (Lipinski definition) is 4. The molecule has 0 amide bonds. The highest BCUT2D eigenvalue weighted by Crippen LogP contribution is 2.32. The molecule has 0 spiro atoms. The fourth-order valence-corrected chi connectivity index (χ4v) is 3.13. The summed E-state index contributed by atoms with van der Waals surface area (Å²) in [5.41, 5.74) is 9.22. The van der Waals surface area contributed by atoms with E-state index in [-0.39, 0.29) is 11.6 Å². The van der Waals surface area contributed by atoms with E-state index < -0.39 is 0 Å². The van der Waals surface area contributed by atoms with E-state index in [4.69, 9.17) is 10.5 Å². The number of rotatable bonds is 8. The van der Waals surface area contributed by atoms with Gasteiger partial charge in [-0.25, -0.2) is 9.37 Å². The van der Waals surface area contributed by atoms with Gasteiger partial charge >= 0.3 is 0 Å². The number of unbranched alkanes of at least 4 members (excludes halogenated alkanes) is 3. The van der Waals surface area contributed by atoms with Crippen molar-refractivity contribution in [1.82, 2.24) is 4.98 Å². The second kappa shape index (κ2) is 9.70. The molecular formula is C24H24FN3O. The number of nitrogen functional groups attached to an aromatic ring is 1. The van der Waals surface area contributed by atoms with Crippen LogP contribution in [0.2, 0.25) is 0 Å². The van der Waals surface area contributed by atoms with Crippen molar-refractivity contribution in [3.63, 3.8) is 0 Å². The van der Waals surface area contributed by atoms with E-state index >= 15 is 0 Å². The molecule has 0 atom stereocenters. The molecule has 2 aromatic carbocycles. The van der Waals surface area contributed by atoms with Crippen LogP contribution in [0.4, 0.5) is 10.2 Å². The van der Waals surface area contributed by atoms with Crippen LogP contribution in [0, 0.1) is 17.1 Å². The van der Waals surface area contributed by atoms with Crippen LogP contribution < -0.4 is 10.5 Å². The van der Waals surface area contributed by atoms with Crippen molar-refractivity contribution in [1.29, 1.82) is 5.26 Å². The number of nitrogens with zero attached hydrogens (tertiary/aromatic N) is 2. The molecule has 1 heterocycles. The van der Waals surface area contributed by atoms with Crippen LogP contribution in [0.25, 0.3) is 22.4 Å². The molecule has 0 bridgehead atoms. The summed E-state index contributed by atoms with van der Waals surface area (Å²) in [7, 11) is 0. The number of benzene rings is 2. The lowest BCUT2D eigenvalue weighted by Crippen LogP contribution is -2.00. The summed E-state index contributed by atoms with van der Waals surface area (Å²) in [5, 5.41) is 9.56. The molecule has 0 unspecified atom stereocenters. The zero-order chi connectivity index (χ0) is 20.6. The minimum absolute atomic E-state index is 0.153. The normalized spacial score (nSPS) is 10.5. The first-order valence-electron chi connectivity index (χ1n) is 9.82. The predicted octanol–water partition coefficient (Wildman–Crippen LogP) is 5.97. The average Bonchev–Trinajstić information content (AvgIpc) is 2.74. The van der Waals surface area contributed by atoms with Crippen molar-refractivity contribution >= 4 is 5.82 Å². The smallest absolute Gasteiger partial charge is 0.142 e. The van der Waals surface area contributed by atoms with E-state index in [0.29, 0.717) is 23.4 Å². The van der Waals surface area contributed by atoms with Crippen LogP contribution in [0.3, 0.4) is 0 Å². The third-order valence-corrected chi connectivity index (χ3v) is 4.73. The highest BCUT2D eigenvalue weighted by Gasteiger charge is 2.13. The SMILES string of the molecule is CCCCCCOc1ccc(-c2cc(-c3ccc(F)cc3)nc(N)c2C#N)cc1. The molecule has 0 fully saturated rings. The number of aromatic nitrogens is 1. The number of pyridine rings is 1. The van der Waals surface area contributed by atoms with Crippen molar-refractivity contribution in [2.45, 2.75) is 32.6 Å². The summed E-state index contributed by atoms with van der Waals surface area (Å²) in [5.74, 6) is 0.631. The van der Waals surface area contributed by atoms with Crippen LogP contribution >= 0.6 is 0 Å². The van der Waals surface area contributed by atoms with Gasteiger partial charge in [0.1, 0.15) is 29.0 Å². The lowest BCUT2D eigenvalue weighted by molar-refractivity contribution is 0.305. The number of hydrogen-bond donors (Lipinski definition) is 1. The van der Waals surface area contributed by atoms with E-state index in [0.717, 1.165) is 23.3 Å². The van der Waals surface area contributed by atoms with E-state index in [9.17, 15) is 9.65 Å². The molecule has 29 heavy (non-hydrogen) atoms. The van der Waals surface area contributed by atoms with Crippen LogP contribution in [-0.2, 0) is 0 Å². The van der Waals surface area contributed by atoms with E-state index in [1.807, 2.05) is 30.3 Å². The van der Waals surface area contributed by atoms with Crippen molar-refractivity contribution in [2.75, 3.05) is 12.3 Å². The lowest BCUT2D eigenvalue weighted by Gasteiger charge is -2.11. The molecule has 0 aliphatic rings. The van der Waals surface area contributed by atoms with Gasteiger partial charge in [0.25, 0.3) is 0 Å². The molecule has 0 radical (unpaired) electrons. The molecule has 3 aromatic rings. The Kier molecular flexibility index (Phi) is 6.80. The maximum Gasteiger partial charge on any atom is 0.142 e. The van der Waals surface area contributed by atoms with E-state index in [1.54, 1.807) is 12.1 Å². The van der Waals surface area contributed by atoms with Gasteiger partial charge in [0.2, 0.25) is 0 Å². The summed E-state index contributed by atoms with van der Waals surface area (Å²) in [6.45, 7) is 2.88. The summed E-state index contributed by atoms with van der Waals surface area (Å²) in [6.07, 6.45) is 4.63. The minimum Gasteiger partial charge on any atom is -0.494 e. The van der Waals surface area contributed by atoms with Crippen molar-refractivity contribution in [2.24, 2.45) is 0 Å². The molecular weight excluding hydrogens is 365 g/mol. The molecule has 0 aliphatic carbocycles. The van der Waals surface area contributed by atoms with Gasteiger partial charge in [-0.05, 0) is 54.4 Å². The monoisotopic (exact) mass is 389 g/mol. The van der Waals surface area contributed by atoms with Crippen molar-refractivity contribution in [3.05, 3.63) is 66.0 Å². The molecule has 0 saturated carbocycles.